The zero-order valence-corrected chi connectivity index (χ0v) is 54.2. The van der Waals surface area contributed by atoms with Gasteiger partial charge in [-0.1, -0.05) is 274 Å². The molecule has 0 bridgehead atoms. The minimum atomic E-state index is -0.812. The lowest BCUT2D eigenvalue weighted by molar-refractivity contribution is 0.590. The van der Waals surface area contributed by atoms with E-state index in [4.69, 9.17) is 14.0 Å². The minimum Gasteiger partial charge on any atom is -0.453 e. The predicted octanol–water partition coefficient (Wildman–Crippen LogP) is 22.7. The molecule has 16 aromatic rings. The number of nitrogens with zero attached hydrogens (tertiary/aromatic N) is 3. The quantitative estimate of drug-likeness (QED) is 0.162. The number of para-hydroxylation sites is 6. The van der Waals surface area contributed by atoms with E-state index in [1.807, 2.05) is 42.5 Å². The first kappa shape index (κ1) is 39.6. The Kier molecular flexibility index (Phi) is 8.75. The summed E-state index contributed by atoms with van der Waals surface area (Å²) < 4.78 is 208. The first-order valence-corrected chi connectivity index (χ1v) is 32.2. The first-order chi connectivity index (χ1) is 55.2. The fourth-order valence-corrected chi connectivity index (χ4v) is 14.5. The van der Waals surface area contributed by atoms with Crippen molar-refractivity contribution >= 4 is 117 Å². The SMILES string of the molecule is [2H]c1c([2H])c([2H])c(-c2ccc3c(c2)N(c2cc(-c4ccc(C(C)(C)C)cc4)cc(C(C)(C)C)c2)c2cc(-n4c5c([2H])c([2H])c([2H])c([2H])c5c5c([2H])c([2H])c([2H])c([2H])c54)c(-c4cccc5c4oc4c(-n6c7c([2H])c([2H])c([2H])c([2H])c7c7c([2H])c([2H])c([2H])c([2H])c76)cccc45)c4c2B3c2ccc(-c3cccc(C(C)(C)C)c3)cc2N4)c([2H])c1[2H]. The average Bonchev–Trinajstić information content (AvgIpc) is 1.67. The molecule has 6 heteroatoms. The molecule has 0 amide bonds. The van der Waals surface area contributed by atoms with E-state index in [1.54, 1.807) is 30.3 Å². The molecule has 0 atom stereocenters. The Balaban J connectivity index is 1.06. The lowest BCUT2D eigenvalue weighted by atomic mass is 9.33. The fourth-order valence-electron chi connectivity index (χ4n) is 14.5. The summed E-state index contributed by atoms with van der Waals surface area (Å²) in [6, 6.07) is 35.0. The van der Waals surface area contributed by atoms with Gasteiger partial charge in [0.15, 0.2) is 5.58 Å². The van der Waals surface area contributed by atoms with Crippen molar-refractivity contribution in [2.24, 2.45) is 0 Å². The van der Waals surface area contributed by atoms with Gasteiger partial charge in [0, 0.05) is 71.9 Å². The molecule has 1 N–H and O–H groups in total. The van der Waals surface area contributed by atoms with Crippen LogP contribution in [0, 0.1) is 0 Å². The Labute approximate surface area is 591 Å². The van der Waals surface area contributed by atoms with Crippen LogP contribution in [0.2, 0.25) is 0 Å². The number of aromatic nitrogens is 2. The third-order valence-corrected chi connectivity index (χ3v) is 19.4. The van der Waals surface area contributed by atoms with Crippen LogP contribution < -0.4 is 26.6 Å². The van der Waals surface area contributed by atoms with Gasteiger partial charge in [-0.3, -0.25) is 0 Å². The summed E-state index contributed by atoms with van der Waals surface area (Å²) in [4.78, 5) is 2.06. The number of furan rings is 1. The van der Waals surface area contributed by atoms with Gasteiger partial charge in [0.2, 0.25) is 0 Å². The maximum atomic E-state index is 10.2. The van der Waals surface area contributed by atoms with Crippen molar-refractivity contribution in [1.82, 2.24) is 9.13 Å². The van der Waals surface area contributed by atoms with Gasteiger partial charge in [-0.15, -0.1) is 0 Å². The van der Waals surface area contributed by atoms with E-state index in [9.17, 15) is 19.2 Å². The van der Waals surface area contributed by atoms with Gasteiger partial charge in [0.25, 0.3) is 6.71 Å². The van der Waals surface area contributed by atoms with Crippen LogP contribution in [0.15, 0.2) is 277 Å². The number of benzene rings is 13. The molecule has 13 aromatic carbocycles. The highest BCUT2D eigenvalue weighted by Crippen LogP contribution is 2.52. The highest BCUT2D eigenvalue weighted by atomic mass is 16.3. The molecule has 5 nitrogen and oxygen atoms in total. The molecule has 0 aliphatic carbocycles. The molecular formula is C90H73BN4O. The lowest BCUT2D eigenvalue weighted by Crippen LogP contribution is -2.60. The topological polar surface area (TPSA) is 38.3 Å². The van der Waals surface area contributed by atoms with Gasteiger partial charge in [0.05, 0.1) is 62.2 Å². The molecule has 0 saturated carbocycles. The summed E-state index contributed by atoms with van der Waals surface area (Å²) >= 11 is 0. The molecule has 0 fully saturated rings. The van der Waals surface area contributed by atoms with E-state index < -0.39 is 139 Å². The molecule has 0 unspecified atom stereocenters. The Morgan fingerprint density at radius 1 is 0.365 bits per heavy atom. The van der Waals surface area contributed by atoms with Crippen molar-refractivity contribution in [1.29, 1.82) is 0 Å². The Morgan fingerprint density at radius 3 is 1.51 bits per heavy atom. The summed E-state index contributed by atoms with van der Waals surface area (Å²) in [6.45, 7) is 18.4. The molecule has 0 spiro atoms. The predicted molar refractivity (Wildman–Crippen MR) is 409 cm³/mol. The van der Waals surface area contributed by atoms with Gasteiger partial charge < -0.3 is 23.8 Å². The van der Waals surface area contributed by atoms with Crippen LogP contribution in [0.25, 0.3) is 121 Å². The molecule has 462 valence electrons. The van der Waals surface area contributed by atoms with Crippen LogP contribution in [0.4, 0.5) is 28.4 Å². The Bertz CT molecular complexity index is 7020. The largest absolute Gasteiger partial charge is 0.453 e. The van der Waals surface area contributed by atoms with Crippen LogP contribution in [0.1, 0.15) is 108 Å². The zero-order valence-electron chi connectivity index (χ0n) is 75.2. The number of hydrogen-bond acceptors (Lipinski definition) is 3. The third kappa shape index (κ3) is 8.98. The van der Waals surface area contributed by atoms with Crippen molar-refractivity contribution in [2.75, 3.05) is 10.2 Å². The maximum Gasteiger partial charge on any atom is 0.252 e. The third-order valence-electron chi connectivity index (χ3n) is 19.4. The summed E-state index contributed by atoms with van der Waals surface area (Å²) in [5, 5.41) is 4.20. The van der Waals surface area contributed by atoms with Crippen LogP contribution in [0.3, 0.4) is 0 Å². The zero-order chi connectivity index (χ0) is 83.4. The Hall–Kier alpha value is -11.1. The van der Waals surface area contributed by atoms with Crippen molar-refractivity contribution in [2.45, 2.75) is 78.6 Å². The molecule has 2 aliphatic rings. The van der Waals surface area contributed by atoms with Gasteiger partial charge in [0.1, 0.15) is 5.58 Å². The molecular weight excluding hydrogens is 1160 g/mol. The van der Waals surface area contributed by atoms with E-state index in [2.05, 4.69) is 145 Å². The van der Waals surface area contributed by atoms with Crippen molar-refractivity contribution in [3.8, 4) is 55.9 Å². The van der Waals surface area contributed by atoms with Crippen LogP contribution in [0.5, 0.6) is 0 Å². The molecule has 0 radical (unpaired) electrons. The molecule has 5 heterocycles. The average molecular weight is 1260 g/mol. The fraction of sp³-hybridized carbons (Fsp3) is 0.133. The standard InChI is InChI=1S/C90H73BN4O/c1-88(2,3)61-44-40-56(41-45-61)60-49-63(90(7,8)9)53-64(50-60)93-80-52-59(55-24-11-10-12-25-55)43-47-73(80)91-72-46-42-58(57-26-21-27-62(48-57)89(4,5)6)51-74(72)92-85-83(81(54-82(93)84(85)91)95-77-37-19-15-30-67(77)68-31-16-20-38-78(68)95)71-34-22-32-69-70-33-23-39-79(87(70)96-86(69)71)94-75-35-17-13-28-65(75)66-29-14-18-36-76(66)94/h10-54,92H,1-9H3/i10D,11D,12D,13D,14D,15D,16D,17D,18D,19D,20D,24D,25D,28D,29D,30D,31D,35D,36D,37D,38D. The monoisotopic (exact) mass is 1260 g/mol. The molecule has 18 rings (SSSR count). The minimum absolute atomic E-state index is 0.0650. The van der Waals surface area contributed by atoms with E-state index >= 15 is 0 Å². The summed E-state index contributed by atoms with van der Waals surface area (Å²) in [7, 11) is 0. The summed E-state index contributed by atoms with van der Waals surface area (Å²) in [6.07, 6.45) is 0. The maximum absolute atomic E-state index is 10.2. The lowest BCUT2D eigenvalue weighted by Gasteiger charge is -2.42. The van der Waals surface area contributed by atoms with Gasteiger partial charge in [-0.25, -0.2) is 0 Å². The second kappa shape index (κ2) is 21.2. The van der Waals surface area contributed by atoms with Gasteiger partial charge in [-0.2, -0.15) is 0 Å². The van der Waals surface area contributed by atoms with Crippen LogP contribution in [-0.2, 0) is 16.2 Å². The number of nitrogens with one attached hydrogen (secondary N) is 1. The number of anilines is 5. The van der Waals surface area contributed by atoms with E-state index in [1.165, 1.54) is 9.13 Å². The number of fused-ring (bicyclic) bond motifs is 13. The summed E-state index contributed by atoms with van der Waals surface area (Å²) in [5.74, 6) is 0. The van der Waals surface area contributed by atoms with E-state index in [-0.39, 0.29) is 93.7 Å². The highest BCUT2D eigenvalue weighted by molar-refractivity contribution is 7.00. The summed E-state index contributed by atoms with van der Waals surface area (Å²) in [5.41, 5.74) is 10.5. The first-order valence-electron chi connectivity index (χ1n) is 42.7. The normalized spacial score (nSPS) is 16.2. The van der Waals surface area contributed by atoms with Gasteiger partial charge >= 0.3 is 0 Å². The van der Waals surface area contributed by atoms with Crippen molar-refractivity contribution < 1.29 is 33.2 Å². The molecule has 2 aliphatic heterocycles. The second-order valence-corrected chi connectivity index (χ2v) is 28.2. The molecule has 96 heavy (non-hydrogen) atoms. The Morgan fingerprint density at radius 2 is 0.885 bits per heavy atom. The van der Waals surface area contributed by atoms with Crippen LogP contribution >= 0.6 is 0 Å². The van der Waals surface area contributed by atoms with Crippen LogP contribution in [-0.4, -0.2) is 15.8 Å². The number of hydrogen-bond donors (Lipinski definition) is 1. The van der Waals surface area contributed by atoms with Gasteiger partial charge in [-0.05, 0) is 143 Å². The number of rotatable bonds is 7. The van der Waals surface area contributed by atoms with E-state index in [0.717, 1.165) is 44.4 Å². The highest BCUT2D eigenvalue weighted by Gasteiger charge is 2.44. The van der Waals surface area contributed by atoms with Crippen molar-refractivity contribution in [3.63, 3.8) is 0 Å². The molecule has 0 saturated heterocycles. The molecule has 3 aromatic heterocycles. The van der Waals surface area contributed by atoms with E-state index in [0.29, 0.717) is 55.7 Å². The second-order valence-electron chi connectivity index (χ2n) is 28.2. The van der Waals surface area contributed by atoms with Crippen molar-refractivity contribution in [3.05, 3.63) is 289 Å². The smallest absolute Gasteiger partial charge is 0.252 e.